The van der Waals surface area contributed by atoms with Crippen molar-refractivity contribution in [2.75, 3.05) is 19.7 Å². The molecule has 2 N–H and O–H groups in total. The van der Waals surface area contributed by atoms with Crippen LogP contribution in [0.15, 0.2) is 58.4 Å². The summed E-state index contributed by atoms with van der Waals surface area (Å²) in [5.41, 5.74) is 3.90. The minimum absolute atomic E-state index is 0.00875. The van der Waals surface area contributed by atoms with Gasteiger partial charge in [0.1, 0.15) is 5.76 Å². The number of cyclic esters (lactones) is 1. The Labute approximate surface area is 198 Å². The molecular formula is C27H39NO5. The number of aliphatic hydroxyl groups excluding tert-OH is 2. The molecule has 6 nitrogen and oxygen atoms in total. The van der Waals surface area contributed by atoms with Crippen LogP contribution in [-0.2, 0) is 14.3 Å². The average Bonchev–Trinajstić information content (AvgIpc) is 3.22. The van der Waals surface area contributed by atoms with E-state index in [0.717, 1.165) is 43.3 Å². The van der Waals surface area contributed by atoms with Crippen LogP contribution < -0.4 is 0 Å². The van der Waals surface area contributed by atoms with Crippen molar-refractivity contribution in [2.45, 2.75) is 72.3 Å². The van der Waals surface area contributed by atoms with Crippen molar-refractivity contribution in [3.63, 3.8) is 0 Å². The van der Waals surface area contributed by atoms with Crippen LogP contribution in [0.2, 0.25) is 0 Å². The summed E-state index contributed by atoms with van der Waals surface area (Å²) in [5, 5.41) is 18.9. The van der Waals surface area contributed by atoms with Gasteiger partial charge in [0.05, 0.1) is 12.2 Å². The first kappa shape index (κ1) is 26.7. The smallest absolute Gasteiger partial charge is 0.338 e. The van der Waals surface area contributed by atoms with Crippen molar-refractivity contribution in [3.8, 4) is 0 Å². The van der Waals surface area contributed by atoms with E-state index in [0.29, 0.717) is 31.0 Å². The lowest BCUT2D eigenvalue weighted by atomic mass is 10.0. The normalized spacial score (nSPS) is 20.8. The lowest BCUT2D eigenvalue weighted by Gasteiger charge is -2.14. The highest BCUT2D eigenvalue weighted by atomic mass is 16.6. The van der Waals surface area contributed by atoms with E-state index in [-0.39, 0.29) is 18.3 Å². The highest BCUT2D eigenvalue weighted by molar-refractivity contribution is 5.91. The molecule has 2 aliphatic heterocycles. The third-order valence-electron chi connectivity index (χ3n) is 6.16. The van der Waals surface area contributed by atoms with Gasteiger partial charge < -0.3 is 19.8 Å². The zero-order chi connectivity index (χ0) is 24.4. The number of hydrogen-bond acceptors (Lipinski definition) is 5. The number of β-amino-alcohol motifs (C(OH)–C–C–N with tert-alkyl or cyclic N) is 1. The Morgan fingerprint density at radius 2 is 2.06 bits per heavy atom. The number of allylic oxidation sites excluding steroid dienone is 5. The maximum Gasteiger partial charge on any atom is 0.338 e. The maximum atomic E-state index is 11.8. The monoisotopic (exact) mass is 457 g/mol. The van der Waals surface area contributed by atoms with Crippen molar-refractivity contribution in [1.29, 1.82) is 0 Å². The molecule has 0 saturated carbocycles. The van der Waals surface area contributed by atoms with Crippen LogP contribution >= 0.6 is 0 Å². The molecule has 0 aliphatic carbocycles. The van der Waals surface area contributed by atoms with Gasteiger partial charge in [0.2, 0.25) is 5.91 Å². The fraction of sp³-hybridized carbons (Fsp3) is 0.556. The Bertz CT molecular complexity index is 862. The van der Waals surface area contributed by atoms with Crippen LogP contribution in [0.5, 0.6) is 0 Å². The second kappa shape index (κ2) is 13.2. The first-order valence-corrected chi connectivity index (χ1v) is 11.9. The van der Waals surface area contributed by atoms with Crippen LogP contribution in [0.4, 0.5) is 0 Å². The lowest BCUT2D eigenvalue weighted by molar-refractivity contribution is -0.140. The number of rotatable bonds is 13. The van der Waals surface area contributed by atoms with Crippen LogP contribution in [0.1, 0.15) is 66.2 Å². The van der Waals surface area contributed by atoms with Crippen molar-refractivity contribution in [2.24, 2.45) is 5.92 Å². The third kappa shape index (κ3) is 8.69. The van der Waals surface area contributed by atoms with Crippen LogP contribution in [0.25, 0.3) is 0 Å². The molecule has 6 heteroatoms. The summed E-state index contributed by atoms with van der Waals surface area (Å²) < 4.78 is 5.18. The zero-order valence-corrected chi connectivity index (χ0v) is 20.5. The lowest BCUT2D eigenvalue weighted by Crippen LogP contribution is -2.28. The predicted molar refractivity (Wildman–Crippen MR) is 130 cm³/mol. The molecule has 2 atom stereocenters. The van der Waals surface area contributed by atoms with E-state index in [1.54, 1.807) is 17.9 Å². The van der Waals surface area contributed by atoms with E-state index in [1.807, 2.05) is 6.92 Å². The Balaban J connectivity index is 1.64. The number of nitrogens with zero attached hydrogens (tertiary/aromatic N) is 1. The molecule has 33 heavy (non-hydrogen) atoms. The molecule has 0 aromatic carbocycles. The van der Waals surface area contributed by atoms with Crippen LogP contribution in [0.3, 0.4) is 0 Å². The second-order valence-electron chi connectivity index (χ2n) is 9.25. The van der Waals surface area contributed by atoms with Gasteiger partial charge in [-0.1, -0.05) is 42.4 Å². The average molecular weight is 458 g/mol. The van der Waals surface area contributed by atoms with Gasteiger partial charge in [0.25, 0.3) is 0 Å². The number of carbonyl (C=O) groups excluding carboxylic acids is 2. The van der Waals surface area contributed by atoms with Crippen molar-refractivity contribution in [3.05, 3.63) is 58.4 Å². The number of carbonyl (C=O) groups is 2. The molecular weight excluding hydrogens is 418 g/mol. The van der Waals surface area contributed by atoms with Crippen LogP contribution in [0, 0.1) is 5.92 Å². The molecule has 2 unspecified atom stereocenters. The number of amides is 1. The zero-order valence-electron chi connectivity index (χ0n) is 20.5. The van der Waals surface area contributed by atoms with Gasteiger partial charge in [0, 0.05) is 25.6 Å². The van der Waals surface area contributed by atoms with Gasteiger partial charge in [-0.2, -0.15) is 0 Å². The Morgan fingerprint density at radius 3 is 2.73 bits per heavy atom. The SMILES string of the molecule is CC(=CC=CC(C)CCC=C(C)CC1OC(=O)C(C)=C1O)CCCC1=CC(=O)N(CCO)C1. The minimum atomic E-state index is -0.538. The summed E-state index contributed by atoms with van der Waals surface area (Å²) in [6.07, 6.45) is 15.3. The number of hydrogen-bond donors (Lipinski definition) is 2. The highest BCUT2D eigenvalue weighted by Crippen LogP contribution is 2.25. The third-order valence-corrected chi connectivity index (χ3v) is 6.16. The molecule has 0 aromatic rings. The molecule has 2 aliphatic rings. The first-order valence-electron chi connectivity index (χ1n) is 11.9. The summed E-state index contributed by atoms with van der Waals surface area (Å²) in [7, 11) is 0. The van der Waals surface area contributed by atoms with E-state index >= 15 is 0 Å². The van der Waals surface area contributed by atoms with Crippen molar-refractivity contribution in [1.82, 2.24) is 4.90 Å². The molecule has 0 spiro atoms. The summed E-state index contributed by atoms with van der Waals surface area (Å²) in [6.45, 7) is 8.99. The molecule has 0 aromatic heterocycles. The van der Waals surface area contributed by atoms with Gasteiger partial charge in [-0.15, -0.1) is 0 Å². The van der Waals surface area contributed by atoms with Crippen LogP contribution in [-0.4, -0.2) is 52.8 Å². The standard InChI is InChI=1S/C27H39NO5/c1-19(10-6-12-21(3)16-24-26(31)22(4)27(32)33-24)8-5-9-20(2)11-7-13-23-17-25(30)28(18-23)14-15-29/h5,8-9,12,17,19,24,29,31H,6-7,10-11,13-16,18H2,1-4H3. The minimum Gasteiger partial charge on any atom is -0.508 e. The van der Waals surface area contributed by atoms with Gasteiger partial charge in [-0.05, 0) is 64.4 Å². The Morgan fingerprint density at radius 1 is 1.30 bits per heavy atom. The quantitative estimate of drug-likeness (QED) is 0.233. The van der Waals surface area contributed by atoms with E-state index in [2.05, 4.69) is 38.2 Å². The molecule has 0 radical (unpaired) electrons. The van der Waals surface area contributed by atoms with E-state index in [4.69, 9.17) is 9.84 Å². The summed E-state index contributed by atoms with van der Waals surface area (Å²) in [6, 6.07) is 0. The highest BCUT2D eigenvalue weighted by Gasteiger charge is 2.31. The Hall–Kier alpha value is -2.60. The largest absolute Gasteiger partial charge is 0.508 e. The second-order valence-corrected chi connectivity index (χ2v) is 9.25. The predicted octanol–water partition coefficient (Wildman–Crippen LogP) is 4.93. The van der Waals surface area contributed by atoms with E-state index < -0.39 is 12.1 Å². The van der Waals surface area contributed by atoms with Crippen molar-refractivity contribution >= 4 is 11.9 Å². The van der Waals surface area contributed by atoms with Crippen molar-refractivity contribution < 1.29 is 24.5 Å². The topological polar surface area (TPSA) is 87.1 Å². The molecule has 2 heterocycles. The summed E-state index contributed by atoms with van der Waals surface area (Å²) in [4.78, 5) is 25.0. The molecule has 182 valence electrons. The summed E-state index contributed by atoms with van der Waals surface area (Å²) >= 11 is 0. The fourth-order valence-corrected chi connectivity index (χ4v) is 4.01. The van der Waals surface area contributed by atoms with Gasteiger partial charge >= 0.3 is 5.97 Å². The number of esters is 1. The summed E-state index contributed by atoms with van der Waals surface area (Å²) in [5.74, 6) is 0.0941. The maximum absolute atomic E-state index is 11.8. The molecule has 0 fully saturated rings. The van der Waals surface area contributed by atoms with E-state index in [9.17, 15) is 14.7 Å². The Kier molecular flexibility index (Phi) is 10.7. The van der Waals surface area contributed by atoms with E-state index in [1.165, 1.54) is 5.57 Å². The van der Waals surface area contributed by atoms with Gasteiger partial charge in [-0.3, -0.25) is 4.79 Å². The molecule has 2 rings (SSSR count). The molecule has 0 bridgehead atoms. The molecule has 1 amide bonds. The van der Waals surface area contributed by atoms with Gasteiger partial charge in [0.15, 0.2) is 6.10 Å². The number of ether oxygens (including phenoxy) is 1. The fourth-order valence-electron chi connectivity index (χ4n) is 4.01. The van der Waals surface area contributed by atoms with Gasteiger partial charge in [-0.25, -0.2) is 4.79 Å². The number of aliphatic hydroxyl groups is 2. The molecule has 0 saturated heterocycles. The first-order chi connectivity index (χ1) is 15.7.